The number of rotatable bonds is 12. The van der Waals surface area contributed by atoms with Crippen molar-refractivity contribution < 1.29 is 28.5 Å². The number of carbonyl (C=O) groups excluding carboxylic acids is 2. The molecule has 0 N–H and O–H groups in total. The SMILES string of the molecule is C.CCCCCCCC(=O)OCC[C@H]1C[C@@H](OCOC)[C@@H](C)C/C=C/Cc2cccc(C)c2C(=O)O1. The minimum atomic E-state index is -0.431. The van der Waals surface area contributed by atoms with Gasteiger partial charge in [0.1, 0.15) is 12.9 Å². The monoisotopic (exact) mass is 504 g/mol. The molecule has 0 saturated carbocycles. The summed E-state index contributed by atoms with van der Waals surface area (Å²) in [6, 6.07) is 5.88. The van der Waals surface area contributed by atoms with Gasteiger partial charge in [0.25, 0.3) is 0 Å². The Labute approximate surface area is 218 Å². The van der Waals surface area contributed by atoms with Gasteiger partial charge in [-0.05, 0) is 43.2 Å². The molecule has 0 aromatic heterocycles. The summed E-state index contributed by atoms with van der Waals surface area (Å²) in [6.07, 6.45) is 12.0. The highest BCUT2D eigenvalue weighted by Gasteiger charge is 2.27. The molecule has 0 saturated heterocycles. The number of aryl methyl sites for hydroxylation is 1. The topological polar surface area (TPSA) is 71.1 Å². The molecule has 3 atom stereocenters. The third kappa shape index (κ3) is 11.3. The number of cyclic esters (lactones) is 1. The number of hydrogen-bond acceptors (Lipinski definition) is 6. The minimum absolute atomic E-state index is 0. The molecule has 6 nitrogen and oxygen atoms in total. The van der Waals surface area contributed by atoms with Crippen LogP contribution in [0.2, 0.25) is 0 Å². The molecule has 1 aliphatic heterocycles. The first-order valence-electron chi connectivity index (χ1n) is 13.2. The Balaban J connectivity index is 0.00000648. The summed E-state index contributed by atoms with van der Waals surface area (Å²) in [5.41, 5.74) is 2.47. The second-order valence-electron chi connectivity index (χ2n) is 9.55. The average molecular weight is 505 g/mol. The van der Waals surface area contributed by atoms with Crippen molar-refractivity contribution in [1.29, 1.82) is 0 Å². The highest BCUT2D eigenvalue weighted by Crippen LogP contribution is 2.25. The first-order valence-corrected chi connectivity index (χ1v) is 13.2. The van der Waals surface area contributed by atoms with E-state index in [0.717, 1.165) is 36.8 Å². The molecule has 2 rings (SSSR count). The lowest BCUT2D eigenvalue weighted by Gasteiger charge is -2.28. The number of unbranched alkanes of at least 4 members (excludes halogenated alkanes) is 4. The Morgan fingerprint density at radius 2 is 1.92 bits per heavy atom. The summed E-state index contributed by atoms with van der Waals surface area (Å²) < 4.78 is 22.6. The van der Waals surface area contributed by atoms with Crippen molar-refractivity contribution >= 4 is 11.9 Å². The van der Waals surface area contributed by atoms with Gasteiger partial charge in [-0.15, -0.1) is 0 Å². The summed E-state index contributed by atoms with van der Waals surface area (Å²) in [5, 5.41) is 0. The van der Waals surface area contributed by atoms with Gasteiger partial charge >= 0.3 is 11.9 Å². The number of esters is 2. The van der Waals surface area contributed by atoms with Crippen molar-refractivity contribution in [3.63, 3.8) is 0 Å². The average Bonchev–Trinajstić information content (AvgIpc) is 2.83. The summed E-state index contributed by atoms with van der Waals surface area (Å²) >= 11 is 0. The van der Waals surface area contributed by atoms with Crippen molar-refractivity contribution in [1.82, 2.24) is 0 Å². The number of hydrogen-bond donors (Lipinski definition) is 0. The molecule has 0 amide bonds. The zero-order chi connectivity index (χ0) is 25.5. The van der Waals surface area contributed by atoms with Crippen molar-refractivity contribution in [2.24, 2.45) is 5.92 Å². The Hall–Kier alpha value is -2.18. The summed E-state index contributed by atoms with van der Waals surface area (Å²) in [6.45, 7) is 6.63. The summed E-state index contributed by atoms with van der Waals surface area (Å²) in [4.78, 5) is 25.4. The second-order valence-corrected chi connectivity index (χ2v) is 9.55. The van der Waals surface area contributed by atoms with E-state index >= 15 is 0 Å². The fourth-order valence-corrected chi connectivity index (χ4v) is 4.43. The van der Waals surface area contributed by atoms with E-state index in [4.69, 9.17) is 18.9 Å². The first-order chi connectivity index (χ1) is 17.0. The van der Waals surface area contributed by atoms with Gasteiger partial charge < -0.3 is 18.9 Å². The van der Waals surface area contributed by atoms with E-state index in [1.165, 1.54) is 12.8 Å². The van der Waals surface area contributed by atoms with Gasteiger partial charge in [0.15, 0.2) is 0 Å². The van der Waals surface area contributed by atoms with Crippen molar-refractivity contribution in [3.8, 4) is 0 Å². The lowest BCUT2D eigenvalue weighted by molar-refractivity contribution is -0.144. The molecule has 0 spiro atoms. The summed E-state index contributed by atoms with van der Waals surface area (Å²) in [5.74, 6) is -0.310. The fourth-order valence-electron chi connectivity index (χ4n) is 4.43. The second kappa shape index (κ2) is 18.1. The van der Waals surface area contributed by atoms with Gasteiger partial charge in [-0.25, -0.2) is 4.79 Å². The van der Waals surface area contributed by atoms with Crippen LogP contribution in [-0.4, -0.2) is 44.7 Å². The third-order valence-corrected chi connectivity index (χ3v) is 6.57. The van der Waals surface area contributed by atoms with Crippen LogP contribution in [0.25, 0.3) is 0 Å². The van der Waals surface area contributed by atoms with Crippen molar-refractivity contribution in [3.05, 3.63) is 47.0 Å². The maximum atomic E-state index is 13.3. The number of benzene rings is 1. The highest BCUT2D eigenvalue weighted by molar-refractivity contribution is 5.93. The molecule has 1 aromatic carbocycles. The number of methoxy groups -OCH3 is 1. The van der Waals surface area contributed by atoms with Crippen LogP contribution < -0.4 is 0 Å². The molecule has 0 bridgehead atoms. The van der Waals surface area contributed by atoms with Crippen LogP contribution in [0.3, 0.4) is 0 Å². The van der Waals surface area contributed by atoms with Crippen LogP contribution in [0.4, 0.5) is 0 Å². The Bertz CT molecular complexity index is 803. The molecule has 204 valence electrons. The van der Waals surface area contributed by atoms with E-state index in [-0.39, 0.29) is 44.8 Å². The lowest BCUT2D eigenvalue weighted by Crippen LogP contribution is -2.32. The molecule has 1 aliphatic rings. The van der Waals surface area contributed by atoms with Crippen LogP contribution in [0, 0.1) is 12.8 Å². The van der Waals surface area contributed by atoms with Gasteiger partial charge in [0.05, 0.1) is 18.3 Å². The molecule has 0 aliphatic carbocycles. The Kier molecular flexibility index (Phi) is 16.0. The largest absolute Gasteiger partial charge is 0.466 e. The zero-order valence-electron chi connectivity index (χ0n) is 22.1. The van der Waals surface area contributed by atoms with E-state index in [1.54, 1.807) is 7.11 Å². The minimum Gasteiger partial charge on any atom is -0.466 e. The molecule has 0 unspecified atom stereocenters. The lowest BCUT2D eigenvalue weighted by atomic mass is 9.93. The molecule has 36 heavy (non-hydrogen) atoms. The molecular formula is C30H48O6. The van der Waals surface area contributed by atoms with E-state index in [1.807, 2.05) is 25.1 Å². The number of ether oxygens (including phenoxy) is 4. The predicted octanol–water partition coefficient (Wildman–Crippen LogP) is 6.97. The number of allylic oxidation sites excluding steroid dienone is 2. The van der Waals surface area contributed by atoms with Crippen molar-refractivity contribution in [2.75, 3.05) is 20.5 Å². The molecule has 1 heterocycles. The Morgan fingerprint density at radius 3 is 2.67 bits per heavy atom. The maximum absolute atomic E-state index is 13.3. The number of fused-ring (bicyclic) bond motifs is 1. The van der Waals surface area contributed by atoms with Crippen LogP contribution in [0.1, 0.15) is 101 Å². The van der Waals surface area contributed by atoms with Gasteiger partial charge in [-0.3, -0.25) is 4.79 Å². The fraction of sp³-hybridized carbons (Fsp3) is 0.667. The van der Waals surface area contributed by atoms with E-state index in [9.17, 15) is 9.59 Å². The molecule has 1 aromatic rings. The Morgan fingerprint density at radius 1 is 1.14 bits per heavy atom. The summed E-state index contributed by atoms with van der Waals surface area (Å²) in [7, 11) is 1.60. The first kappa shape index (κ1) is 31.8. The van der Waals surface area contributed by atoms with E-state index < -0.39 is 6.10 Å². The quantitative estimate of drug-likeness (QED) is 0.132. The molecular weight excluding hydrogens is 456 g/mol. The van der Waals surface area contributed by atoms with Gasteiger partial charge in [-0.1, -0.05) is 77.3 Å². The molecule has 0 radical (unpaired) electrons. The number of carbonyl (C=O) groups is 2. The van der Waals surface area contributed by atoms with Crippen LogP contribution in [0.5, 0.6) is 0 Å². The van der Waals surface area contributed by atoms with Crippen LogP contribution >= 0.6 is 0 Å². The molecule has 0 fully saturated rings. The maximum Gasteiger partial charge on any atom is 0.338 e. The third-order valence-electron chi connectivity index (χ3n) is 6.57. The highest BCUT2D eigenvalue weighted by atomic mass is 16.7. The van der Waals surface area contributed by atoms with Gasteiger partial charge in [0, 0.05) is 26.4 Å². The van der Waals surface area contributed by atoms with E-state index in [2.05, 4.69) is 26.0 Å². The van der Waals surface area contributed by atoms with Crippen LogP contribution in [0.15, 0.2) is 30.4 Å². The van der Waals surface area contributed by atoms with E-state index in [0.29, 0.717) is 31.2 Å². The van der Waals surface area contributed by atoms with Gasteiger partial charge in [-0.2, -0.15) is 0 Å². The normalized spacial score (nSPS) is 21.2. The van der Waals surface area contributed by atoms with Gasteiger partial charge in [0.2, 0.25) is 0 Å². The van der Waals surface area contributed by atoms with Crippen LogP contribution in [-0.2, 0) is 30.2 Å². The smallest absolute Gasteiger partial charge is 0.338 e. The van der Waals surface area contributed by atoms with Crippen molar-refractivity contribution in [2.45, 2.75) is 105 Å². The predicted molar refractivity (Wildman–Crippen MR) is 144 cm³/mol. The standard InChI is InChI=1S/C29H44O6.CH4/c1-5-6-7-8-9-17-27(30)33-19-18-25-20-26(34-21-32-4)22(2)13-10-11-15-24-16-12-14-23(3)28(24)29(31)35-25;/h10-12,14,16,22,25-26H,5-9,13,15,17-21H2,1-4H3;1H4/b11-10+;/t22-,25-,26+;/m0./s1. The zero-order valence-corrected chi connectivity index (χ0v) is 22.1. The molecule has 6 heteroatoms.